The Morgan fingerprint density at radius 3 is 1.04 bits per heavy atom. The van der Waals surface area contributed by atoms with E-state index in [2.05, 4.69) is 81.3 Å². The van der Waals surface area contributed by atoms with Gasteiger partial charge in [0.2, 0.25) is 11.8 Å². The topological polar surface area (TPSA) is 220 Å². The van der Waals surface area contributed by atoms with Crippen LogP contribution in [-0.2, 0) is 9.59 Å². The zero-order valence-corrected chi connectivity index (χ0v) is 37.8. The lowest BCUT2D eigenvalue weighted by Gasteiger charge is -2.13. The van der Waals surface area contributed by atoms with Crippen LogP contribution >= 0.6 is 0 Å². The van der Waals surface area contributed by atoms with E-state index in [1.807, 2.05) is 97.1 Å². The van der Waals surface area contributed by atoms with Gasteiger partial charge in [0.15, 0.2) is 0 Å². The quantitative estimate of drug-likeness (QED) is 0.0435. The lowest BCUT2D eigenvalue weighted by atomic mass is 10.0. The minimum atomic E-state index is -0.634. The summed E-state index contributed by atoms with van der Waals surface area (Å²) in [6.45, 7) is 1.13. The molecule has 2 amide bonds. The van der Waals surface area contributed by atoms with Crippen molar-refractivity contribution in [2.75, 3.05) is 23.7 Å². The number of fused-ring (bicyclic) bond motifs is 8. The molecule has 4 aromatic carbocycles. The normalized spacial score (nSPS) is 12.8. The number of carbonyl (C=O) groups is 2. The van der Waals surface area contributed by atoms with Gasteiger partial charge in [0.25, 0.3) is 0 Å². The van der Waals surface area contributed by atoms with Gasteiger partial charge < -0.3 is 43.5 Å². The molecule has 5 heterocycles. The molecule has 0 radical (unpaired) electrons. The van der Waals surface area contributed by atoms with Gasteiger partial charge in [0.05, 0.1) is 34.9 Å². The maximum absolute atomic E-state index is 13.1. The highest BCUT2D eigenvalue weighted by molar-refractivity contribution is 6.01. The number of nitrogens with two attached hydrogens (primary N) is 4. The van der Waals surface area contributed by atoms with E-state index in [0.29, 0.717) is 37.3 Å². The van der Waals surface area contributed by atoms with Gasteiger partial charge in [-0.1, -0.05) is 97.8 Å². The molecule has 0 saturated heterocycles. The van der Waals surface area contributed by atoms with Crippen LogP contribution in [0.2, 0.25) is 0 Å². The van der Waals surface area contributed by atoms with Crippen molar-refractivity contribution in [3.05, 3.63) is 156 Å². The molecule has 3 aromatic heterocycles. The molecule has 7 aromatic rings. The number of anilines is 2. The van der Waals surface area contributed by atoms with Crippen molar-refractivity contribution in [2.45, 2.75) is 50.6 Å². The maximum atomic E-state index is 13.1. The third-order valence-electron chi connectivity index (χ3n) is 12.4. The van der Waals surface area contributed by atoms with Crippen LogP contribution in [0.15, 0.2) is 133 Å². The van der Waals surface area contributed by atoms with Crippen molar-refractivity contribution >= 4 is 69.6 Å². The van der Waals surface area contributed by atoms with E-state index < -0.39 is 12.1 Å². The predicted molar refractivity (Wildman–Crippen MR) is 280 cm³/mol. The molecule has 0 spiro atoms. The van der Waals surface area contributed by atoms with Crippen molar-refractivity contribution in [1.29, 1.82) is 0 Å². The van der Waals surface area contributed by atoms with Crippen LogP contribution in [-0.4, -0.2) is 56.9 Å². The fraction of sp³-hybridized carbons (Fsp3) is 0.179. The lowest BCUT2D eigenvalue weighted by Crippen LogP contribution is -2.35. The van der Waals surface area contributed by atoms with Crippen LogP contribution in [0.1, 0.15) is 61.3 Å². The van der Waals surface area contributed by atoms with Gasteiger partial charge >= 0.3 is 0 Å². The van der Waals surface area contributed by atoms with E-state index in [1.165, 1.54) is 0 Å². The Labute approximate surface area is 395 Å². The average Bonchev–Trinajstić information content (AvgIpc) is 4.22. The van der Waals surface area contributed by atoms with Crippen LogP contribution in [0.5, 0.6) is 0 Å². The Morgan fingerprint density at radius 1 is 0.426 bits per heavy atom. The first kappa shape index (κ1) is 45.4. The van der Waals surface area contributed by atoms with E-state index in [9.17, 15) is 9.59 Å². The van der Waals surface area contributed by atoms with Crippen molar-refractivity contribution < 1.29 is 9.59 Å². The minimum Gasteiger partial charge on any atom is -0.354 e. The molecule has 2 unspecified atom stereocenters. The first-order valence-electron chi connectivity index (χ1n) is 23.3. The zero-order chi connectivity index (χ0) is 47.0. The molecule has 0 saturated carbocycles. The van der Waals surface area contributed by atoms with Crippen LogP contribution < -0.4 is 33.6 Å². The number of nitrogens with one attached hydrogen (secondary N) is 4. The van der Waals surface area contributed by atoms with Gasteiger partial charge in [-0.15, -0.1) is 0 Å². The van der Waals surface area contributed by atoms with Crippen molar-refractivity contribution in [1.82, 2.24) is 19.9 Å². The number of nitrogens with zero attached hydrogens (tertiary/aromatic N) is 2. The van der Waals surface area contributed by atoms with Gasteiger partial charge in [0.1, 0.15) is 0 Å². The molecular formula is C56H56N10O2. The summed E-state index contributed by atoms with van der Waals surface area (Å²) in [6.07, 6.45) is 12.6. The minimum absolute atomic E-state index is 0.238. The fourth-order valence-corrected chi connectivity index (χ4v) is 8.82. The maximum Gasteiger partial charge on any atom is 0.241 e. The summed E-state index contributed by atoms with van der Waals surface area (Å²) in [5.74, 6) is -0.476. The summed E-state index contributed by atoms with van der Waals surface area (Å²) in [7, 11) is 0. The van der Waals surface area contributed by atoms with E-state index in [-0.39, 0.29) is 11.8 Å². The molecule has 0 fully saturated rings. The molecule has 2 aliphatic heterocycles. The van der Waals surface area contributed by atoms with Gasteiger partial charge in [-0.05, 0) is 134 Å². The van der Waals surface area contributed by atoms with Crippen LogP contribution in [0, 0.1) is 0 Å². The highest BCUT2D eigenvalue weighted by atomic mass is 16.2. The smallest absolute Gasteiger partial charge is 0.241 e. The number of rotatable bonds is 16. The average molecular weight is 901 g/mol. The molecule has 8 bridgehead atoms. The Hall–Kier alpha value is -7.74. The number of unbranched alkanes of at least 4 members (excludes halogenated alkanes) is 2. The first-order valence-corrected chi connectivity index (χ1v) is 23.3. The van der Waals surface area contributed by atoms with Crippen LogP contribution in [0.25, 0.3) is 90.9 Å². The summed E-state index contributed by atoms with van der Waals surface area (Å²) < 4.78 is 0. The van der Waals surface area contributed by atoms with E-state index in [1.54, 1.807) is 0 Å². The molecule has 342 valence electrons. The van der Waals surface area contributed by atoms with Gasteiger partial charge in [-0.2, -0.15) is 0 Å². The van der Waals surface area contributed by atoms with Gasteiger partial charge in [-0.25, -0.2) is 9.97 Å². The molecule has 12 heteroatoms. The second-order valence-corrected chi connectivity index (χ2v) is 17.1. The molecule has 68 heavy (non-hydrogen) atoms. The van der Waals surface area contributed by atoms with Crippen molar-refractivity contribution in [3.8, 4) is 44.5 Å². The number of aromatic amines is 2. The molecule has 9 rings (SSSR count). The third kappa shape index (κ3) is 9.99. The molecule has 2 atom stereocenters. The largest absolute Gasteiger partial charge is 0.354 e. The second-order valence-electron chi connectivity index (χ2n) is 17.1. The zero-order valence-electron chi connectivity index (χ0n) is 37.8. The second kappa shape index (κ2) is 20.8. The lowest BCUT2D eigenvalue weighted by molar-refractivity contribution is -0.118. The van der Waals surface area contributed by atoms with Crippen molar-refractivity contribution in [2.24, 2.45) is 22.9 Å². The summed E-state index contributed by atoms with van der Waals surface area (Å²) in [4.78, 5) is 44.5. The number of amides is 2. The Morgan fingerprint density at radius 2 is 0.735 bits per heavy atom. The Bertz CT molecular complexity index is 2950. The Kier molecular flexibility index (Phi) is 13.9. The standard InChI is InChI=1S/C56H56N10O2/c57-33-9-7-15-41(59)55(67)61-39-21-17-37(18-22-39)53-47-29-27-45(64-47)51(35-11-3-1-4-12-35)43-25-26-44(63-43)52(36-13-5-2-6-14-36)46-28-30-48(65-46)54(50-32-31-49(53)66-50)38-19-23-40(24-20-38)62-56(68)42(60)16-8-10-34-58/h1-6,11-14,17-32,41-42,64-65H,7-10,15-16,33-34,57-60H2,(H,61,67)(H,62,68). The summed E-state index contributed by atoms with van der Waals surface area (Å²) in [5.41, 5.74) is 39.1. The molecular weight excluding hydrogens is 845 g/mol. The molecule has 2 aliphatic rings. The number of H-pyrrole nitrogens is 2. The summed E-state index contributed by atoms with van der Waals surface area (Å²) >= 11 is 0. The predicted octanol–water partition coefficient (Wildman–Crippen LogP) is 10.1. The fourth-order valence-electron chi connectivity index (χ4n) is 8.82. The SMILES string of the molecule is NCCCCC(N)C(=O)Nc1ccc(-c2c3nc(c(-c4ccc(NC(=O)C(N)CCCCN)cc4)c4ccc([nH]4)c(-c4ccccc4)c4nc(c(-c5ccccc5)c5ccc2[nH]5)C=C4)C=C3)cc1. The molecule has 12 nitrogen and oxygen atoms in total. The highest BCUT2D eigenvalue weighted by Gasteiger charge is 2.20. The first-order chi connectivity index (χ1) is 33.3. The number of hydrogen-bond donors (Lipinski definition) is 8. The van der Waals surface area contributed by atoms with Crippen LogP contribution in [0.4, 0.5) is 11.4 Å². The Balaban J connectivity index is 1.25. The number of hydrogen-bond acceptors (Lipinski definition) is 8. The third-order valence-corrected chi connectivity index (χ3v) is 12.4. The highest BCUT2D eigenvalue weighted by Crippen LogP contribution is 2.39. The summed E-state index contributed by atoms with van der Waals surface area (Å²) in [5, 5.41) is 5.98. The summed E-state index contributed by atoms with van der Waals surface area (Å²) in [6, 6.07) is 43.2. The van der Waals surface area contributed by atoms with E-state index in [0.717, 1.165) is 115 Å². The van der Waals surface area contributed by atoms with Crippen LogP contribution in [0.3, 0.4) is 0 Å². The number of aromatic nitrogens is 4. The van der Waals surface area contributed by atoms with E-state index >= 15 is 0 Å². The number of carbonyl (C=O) groups excluding carboxylic acids is 2. The van der Waals surface area contributed by atoms with Gasteiger partial charge in [0, 0.05) is 55.7 Å². The van der Waals surface area contributed by atoms with Crippen molar-refractivity contribution in [3.63, 3.8) is 0 Å². The van der Waals surface area contributed by atoms with Gasteiger partial charge in [-0.3, -0.25) is 9.59 Å². The number of benzene rings is 4. The molecule has 0 aliphatic carbocycles. The monoisotopic (exact) mass is 900 g/mol. The molecule has 12 N–H and O–H groups in total. The van der Waals surface area contributed by atoms with E-state index in [4.69, 9.17) is 32.9 Å².